The zero-order valence-electron chi connectivity index (χ0n) is 8.97. The number of fused-ring (bicyclic) bond motifs is 1. The standard InChI is InChI=1S/C12H15NO2/c1-8-7-13(9(2)12(14)15)11-6-4-3-5-10(8)11/h3-6,8-9H,7H2,1-2H3,(H,14,15)/t8-,9-/m1/s1. The molecule has 0 bridgehead atoms. The summed E-state index contributed by atoms with van der Waals surface area (Å²) in [7, 11) is 0. The van der Waals surface area contributed by atoms with E-state index in [1.165, 1.54) is 5.56 Å². The van der Waals surface area contributed by atoms with Gasteiger partial charge in [-0.25, -0.2) is 4.79 Å². The van der Waals surface area contributed by atoms with Gasteiger partial charge in [-0.05, 0) is 18.6 Å². The second kappa shape index (κ2) is 3.57. The van der Waals surface area contributed by atoms with E-state index in [4.69, 9.17) is 5.11 Å². The molecular weight excluding hydrogens is 190 g/mol. The maximum atomic E-state index is 11.0. The van der Waals surface area contributed by atoms with Crippen molar-refractivity contribution in [2.45, 2.75) is 25.8 Å². The Morgan fingerprint density at radius 2 is 2.20 bits per heavy atom. The zero-order chi connectivity index (χ0) is 11.0. The normalized spacial score (nSPS) is 21.2. The van der Waals surface area contributed by atoms with Crippen LogP contribution in [0, 0.1) is 0 Å². The van der Waals surface area contributed by atoms with E-state index < -0.39 is 12.0 Å². The Bertz CT molecular complexity index is 389. The highest BCUT2D eigenvalue weighted by atomic mass is 16.4. The van der Waals surface area contributed by atoms with Crippen LogP contribution in [0.1, 0.15) is 25.3 Å². The van der Waals surface area contributed by atoms with Crippen molar-refractivity contribution in [2.75, 3.05) is 11.4 Å². The summed E-state index contributed by atoms with van der Waals surface area (Å²) in [6.07, 6.45) is 0. The van der Waals surface area contributed by atoms with Crippen LogP contribution in [0.15, 0.2) is 24.3 Å². The lowest BCUT2D eigenvalue weighted by Crippen LogP contribution is -2.38. The molecule has 1 aliphatic rings. The molecule has 0 aromatic heterocycles. The summed E-state index contributed by atoms with van der Waals surface area (Å²) in [5, 5.41) is 9.01. The van der Waals surface area contributed by atoms with Crippen molar-refractivity contribution in [3.05, 3.63) is 29.8 Å². The SMILES string of the molecule is C[C@@H]1CN([C@H](C)C(=O)O)c2ccccc21. The molecule has 2 atom stereocenters. The molecule has 3 heteroatoms. The van der Waals surface area contributed by atoms with Gasteiger partial charge in [-0.3, -0.25) is 0 Å². The number of hydrogen-bond donors (Lipinski definition) is 1. The fraction of sp³-hybridized carbons (Fsp3) is 0.417. The van der Waals surface area contributed by atoms with Crippen LogP contribution in [0.2, 0.25) is 0 Å². The van der Waals surface area contributed by atoms with E-state index in [-0.39, 0.29) is 0 Å². The molecule has 1 aliphatic heterocycles. The van der Waals surface area contributed by atoms with Gasteiger partial charge >= 0.3 is 5.97 Å². The molecule has 0 fully saturated rings. The van der Waals surface area contributed by atoms with Crippen molar-refractivity contribution >= 4 is 11.7 Å². The quantitative estimate of drug-likeness (QED) is 0.803. The molecule has 3 nitrogen and oxygen atoms in total. The van der Waals surface area contributed by atoms with Gasteiger partial charge in [0, 0.05) is 18.2 Å². The van der Waals surface area contributed by atoms with E-state index in [9.17, 15) is 4.79 Å². The Morgan fingerprint density at radius 1 is 1.53 bits per heavy atom. The summed E-state index contributed by atoms with van der Waals surface area (Å²) in [6.45, 7) is 4.66. The third-order valence-corrected chi connectivity index (χ3v) is 3.07. The molecule has 1 aromatic carbocycles. The average Bonchev–Trinajstić information content (AvgIpc) is 2.56. The van der Waals surface area contributed by atoms with Gasteiger partial charge in [0.15, 0.2) is 0 Å². The Balaban J connectivity index is 2.36. The number of carboxylic acids is 1. The van der Waals surface area contributed by atoms with Gasteiger partial charge in [-0.15, -0.1) is 0 Å². The molecule has 1 heterocycles. The number of para-hydroxylation sites is 1. The lowest BCUT2D eigenvalue weighted by atomic mass is 10.0. The first kappa shape index (κ1) is 10.0. The number of anilines is 1. The largest absolute Gasteiger partial charge is 0.480 e. The highest BCUT2D eigenvalue weighted by molar-refractivity contribution is 5.79. The summed E-state index contributed by atoms with van der Waals surface area (Å²) in [5.41, 5.74) is 2.32. The van der Waals surface area contributed by atoms with Crippen LogP contribution < -0.4 is 4.90 Å². The third kappa shape index (κ3) is 1.58. The van der Waals surface area contributed by atoms with Crippen LogP contribution >= 0.6 is 0 Å². The van der Waals surface area contributed by atoms with Gasteiger partial charge in [0.05, 0.1) is 0 Å². The number of benzene rings is 1. The molecule has 0 amide bonds. The molecule has 80 valence electrons. The predicted octanol–water partition coefficient (Wildman–Crippen LogP) is 2.08. The van der Waals surface area contributed by atoms with Crippen LogP contribution in [0.4, 0.5) is 5.69 Å². The van der Waals surface area contributed by atoms with Crippen LogP contribution in [0.3, 0.4) is 0 Å². The molecule has 1 N–H and O–H groups in total. The van der Waals surface area contributed by atoms with Crippen molar-refractivity contribution in [2.24, 2.45) is 0 Å². The second-order valence-electron chi connectivity index (χ2n) is 4.13. The molecular formula is C12H15NO2. The molecule has 0 radical (unpaired) electrons. The third-order valence-electron chi connectivity index (χ3n) is 3.07. The van der Waals surface area contributed by atoms with E-state index in [1.54, 1.807) is 6.92 Å². The van der Waals surface area contributed by atoms with Gasteiger partial charge in [-0.1, -0.05) is 25.1 Å². The molecule has 15 heavy (non-hydrogen) atoms. The van der Waals surface area contributed by atoms with Crippen molar-refractivity contribution < 1.29 is 9.90 Å². The van der Waals surface area contributed by atoms with E-state index in [1.807, 2.05) is 23.1 Å². The van der Waals surface area contributed by atoms with Gasteiger partial charge < -0.3 is 10.0 Å². The Morgan fingerprint density at radius 3 is 2.87 bits per heavy atom. The average molecular weight is 205 g/mol. The van der Waals surface area contributed by atoms with E-state index >= 15 is 0 Å². The Hall–Kier alpha value is -1.51. The van der Waals surface area contributed by atoms with Crippen LogP contribution in [0.25, 0.3) is 0 Å². The summed E-state index contributed by atoms with van der Waals surface area (Å²) in [5.74, 6) is -0.345. The summed E-state index contributed by atoms with van der Waals surface area (Å²) in [4.78, 5) is 12.9. The highest BCUT2D eigenvalue weighted by Crippen LogP contribution is 2.36. The monoisotopic (exact) mass is 205 g/mol. The maximum Gasteiger partial charge on any atom is 0.326 e. The fourth-order valence-corrected chi connectivity index (χ4v) is 2.16. The molecule has 0 spiro atoms. The molecule has 0 unspecified atom stereocenters. The minimum absolute atomic E-state index is 0.419. The highest BCUT2D eigenvalue weighted by Gasteiger charge is 2.30. The smallest absolute Gasteiger partial charge is 0.326 e. The first-order valence-corrected chi connectivity index (χ1v) is 5.19. The second-order valence-corrected chi connectivity index (χ2v) is 4.13. The van der Waals surface area contributed by atoms with Crippen molar-refractivity contribution in [3.8, 4) is 0 Å². The van der Waals surface area contributed by atoms with E-state index in [2.05, 4.69) is 13.0 Å². The van der Waals surface area contributed by atoms with Crippen molar-refractivity contribution in [1.29, 1.82) is 0 Å². The van der Waals surface area contributed by atoms with Gasteiger partial charge in [0.1, 0.15) is 6.04 Å². The first-order valence-electron chi connectivity index (χ1n) is 5.19. The van der Waals surface area contributed by atoms with Crippen LogP contribution in [-0.4, -0.2) is 23.7 Å². The molecule has 1 aromatic rings. The summed E-state index contributed by atoms with van der Waals surface area (Å²) < 4.78 is 0. The summed E-state index contributed by atoms with van der Waals surface area (Å²) in [6, 6.07) is 7.59. The van der Waals surface area contributed by atoms with Crippen LogP contribution in [0.5, 0.6) is 0 Å². The topological polar surface area (TPSA) is 40.5 Å². The van der Waals surface area contributed by atoms with Crippen molar-refractivity contribution in [1.82, 2.24) is 0 Å². The Kier molecular flexibility index (Phi) is 2.39. The predicted molar refractivity (Wildman–Crippen MR) is 59.3 cm³/mol. The van der Waals surface area contributed by atoms with Crippen molar-refractivity contribution in [3.63, 3.8) is 0 Å². The Labute approximate surface area is 89.3 Å². The van der Waals surface area contributed by atoms with E-state index in [0.29, 0.717) is 5.92 Å². The first-order chi connectivity index (χ1) is 7.11. The molecule has 0 aliphatic carbocycles. The van der Waals surface area contributed by atoms with E-state index in [0.717, 1.165) is 12.2 Å². The number of carboxylic acid groups (broad SMARTS) is 1. The molecule has 0 saturated heterocycles. The maximum absolute atomic E-state index is 11.0. The number of carbonyl (C=O) groups is 1. The summed E-state index contributed by atoms with van der Waals surface area (Å²) >= 11 is 0. The van der Waals surface area contributed by atoms with Gasteiger partial charge in [0.2, 0.25) is 0 Å². The molecule has 0 saturated carbocycles. The number of rotatable bonds is 2. The van der Waals surface area contributed by atoms with Gasteiger partial charge in [0.25, 0.3) is 0 Å². The van der Waals surface area contributed by atoms with Gasteiger partial charge in [-0.2, -0.15) is 0 Å². The fourth-order valence-electron chi connectivity index (χ4n) is 2.16. The zero-order valence-corrected chi connectivity index (χ0v) is 8.97. The lowest BCUT2D eigenvalue weighted by molar-refractivity contribution is -0.138. The number of hydrogen-bond acceptors (Lipinski definition) is 2. The lowest BCUT2D eigenvalue weighted by Gasteiger charge is -2.24. The van der Waals surface area contributed by atoms with Crippen LogP contribution in [-0.2, 0) is 4.79 Å². The number of nitrogens with zero attached hydrogens (tertiary/aromatic N) is 1. The minimum atomic E-state index is -0.765. The minimum Gasteiger partial charge on any atom is -0.480 e. The molecule has 2 rings (SSSR count). The number of aliphatic carboxylic acids is 1.